The maximum Gasteiger partial charge on any atom is 0.408 e. The number of amides is 1. The van der Waals surface area contributed by atoms with Crippen molar-refractivity contribution in [2.45, 2.75) is 25.2 Å². The molecule has 1 unspecified atom stereocenters. The van der Waals surface area contributed by atoms with Gasteiger partial charge < -0.3 is 14.6 Å². The SMILES string of the molecule is C=C[C@@H]1C[C@]1(NC(=O)OCc1ccccc1)P(=O)(OCC)c1ccccc1. The monoisotopic (exact) mass is 385 g/mol. The predicted molar refractivity (Wildman–Crippen MR) is 106 cm³/mol. The molecule has 1 aliphatic rings. The Kier molecular flexibility index (Phi) is 5.83. The highest BCUT2D eigenvalue weighted by Gasteiger charge is 2.67. The van der Waals surface area contributed by atoms with Gasteiger partial charge in [-0.25, -0.2) is 4.79 Å². The second-order valence-electron chi connectivity index (χ2n) is 6.46. The number of carbonyl (C=O) groups is 1. The van der Waals surface area contributed by atoms with E-state index in [9.17, 15) is 9.36 Å². The van der Waals surface area contributed by atoms with Crippen molar-refractivity contribution >= 4 is 18.8 Å². The lowest BCUT2D eigenvalue weighted by Gasteiger charge is -2.29. The summed E-state index contributed by atoms with van der Waals surface area (Å²) >= 11 is 0. The number of benzene rings is 2. The summed E-state index contributed by atoms with van der Waals surface area (Å²) < 4.78 is 25.1. The van der Waals surface area contributed by atoms with Crippen molar-refractivity contribution in [1.29, 1.82) is 0 Å². The summed E-state index contributed by atoms with van der Waals surface area (Å²) in [6, 6.07) is 18.4. The fourth-order valence-electron chi connectivity index (χ4n) is 3.27. The van der Waals surface area contributed by atoms with Gasteiger partial charge in [-0.05, 0) is 31.0 Å². The summed E-state index contributed by atoms with van der Waals surface area (Å²) in [5, 5.41) is 2.41. The Morgan fingerprint density at radius 2 is 1.85 bits per heavy atom. The maximum absolute atomic E-state index is 13.9. The van der Waals surface area contributed by atoms with E-state index in [2.05, 4.69) is 11.9 Å². The van der Waals surface area contributed by atoms with E-state index in [1.54, 1.807) is 25.1 Å². The molecule has 27 heavy (non-hydrogen) atoms. The van der Waals surface area contributed by atoms with E-state index in [1.807, 2.05) is 48.5 Å². The second kappa shape index (κ2) is 8.12. The normalized spacial score (nSPS) is 23.1. The van der Waals surface area contributed by atoms with Crippen LogP contribution in [0.25, 0.3) is 0 Å². The molecule has 0 radical (unpaired) electrons. The number of nitrogens with one attached hydrogen (secondary N) is 1. The lowest BCUT2D eigenvalue weighted by atomic mass is 10.2. The van der Waals surface area contributed by atoms with Gasteiger partial charge in [-0.3, -0.25) is 4.57 Å². The molecule has 1 N–H and O–H groups in total. The highest BCUT2D eigenvalue weighted by molar-refractivity contribution is 7.68. The lowest BCUT2D eigenvalue weighted by molar-refractivity contribution is 0.136. The number of rotatable bonds is 8. The maximum atomic E-state index is 13.9. The summed E-state index contributed by atoms with van der Waals surface area (Å²) in [4.78, 5) is 12.5. The third-order valence-electron chi connectivity index (χ3n) is 4.73. The highest BCUT2D eigenvalue weighted by Crippen LogP contribution is 2.71. The zero-order valence-electron chi connectivity index (χ0n) is 15.3. The molecule has 5 nitrogen and oxygen atoms in total. The first kappa shape index (κ1) is 19.4. The molecule has 0 spiro atoms. The minimum Gasteiger partial charge on any atom is -0.445 e. The van der Waals surface area contributed by atoms with Crippen molar-refractivity contribution in [1.82, 2.24) is 5.32 Å². The molecule has 2 aromatic carbocycles. The Labute approximate surface area is 159 Å². The van der Waals surface area contributed by atoms with Gasteiger partial charge in [0.25, 0.3) is 7.37 Å². The van der Waals surface area contributed by atoms with Crippen LogP contribution in [0.2, 0.25) is 0 Å². The molecule has 1 fully saturated rings. The minimum atomic E-state index is -3.37. The Morgan fingerprint density at radius 1 is 1.22 bits per heavy atom. The van der Waals surface area contributed by atoms with E-state index >= 15 is 0 Å². The molecular formula is C21H24NO4P. The van der Waals surface area contributed by atoms with Crippen molar-refractivity contribution < 1.29 is 18.6 Å². The number of alkyl carbamates (subject to hydrolysis) is 1. The molecule has 3 rings (SSSR count). The van der Waals surface area contributed by atoms with Crippen molar-refractivity contribution in [3.05, 3.63) is 78.9 Å². The summed E-state index contributed by atoms with van der Waals surface area (Å²) in [6.45, 7) is 6.03. The van der Waals surface area contributed by atoms with Gasteiger partial charge in [-0.2, -0.15) is 0 Å². The van der Waals surface area contributed by atoms with E-state index in [-0.39, 0.29) is 19.1 Å². The van der Waals surface area contributed by atoms with Gasteiger partial charge in [0, 0.05) is 11.2 Å². The number of hydrogen-bond acceptors (Lipinski definition) is 4. The fraction of sp³-hybridized carbons (Fsp3) is 0.286. The van der Waals surface area contributed by atoms with E-state index in [4.69, 9.17) is 9.26 Å². The van der Waals surface area contributed by atoms with Gasteiger partial charge >= 0.3 is 6.09 Å². The highest BCUT2D eigenvalue weighted by atomic mass is 31.2. The first-order valence-electron chi connectivity index (χ1n) is 8.97. The van der Waals surface area contributed by atoms with Gasteiger partial charge in [-0.1, -0.05) is 54.6 Å². The van der Waals surface area contributed by atoms with Crippen LogP contribution in [-0.4, -0.2) is 18.0 Å². The predicted octanol–water partition coefficient (Wildman–Crippen LogP) is 4.46. The average molecular weight is 385 g/mol. The van der Waals surface area contributed by atoms with Crippen molar-refractivity contribution in [2.24, 2.45) is 5.92 Å². The first-order chi connectivity index (χ1) is 13.1. The molecule has 1 amide bonds. The molecule has 2 aromatic rings. The van der Waals surface area contributed by atoms with E-state index in [1.165, 1.54) is 0 Å². The van der Waals surface area contributed by atoms with Crippen molar-refractivity contribution in [2.75, 3.05) is 6.61 Å². The number of hydrogen-bond donors (Lipinski definition) is 1. The largest absolute Gasteiger partial charge is 0.445 e. The summed E-state index contributed by atoms with van der Waals surface area (Å²) in [7, 11) is -3.37. The molecule has 0 aliphatic heterocycles. The van der Waals surface area contributed by atoms with Crippen LogP contribution in [0.4, 0.5) is 4.79 Å². The zero-order valence-corrected chi connectivity index (χ0v) is 16.2. The van der Waals surface area contributed by atoms with Crippen molar-refractivity contribution in [3.63, 3.8) is 0 Å². The smallest absolute Gasteiger partial charge is 0.408 e. The average Bonchev–Trinajstić information content (AvgIpc) is 3.42. The quantitative estimate of drug-likeness (QED) is 0.538. The Bertz CT molecular complexity index is 840. The molecule has 142 valence electrons. The van der Waals surface area contributed by atoms with Gasteiger partial charge in [0.05, 0.1) is 6.61 Å². The van der Waals surface area contributed by atoms with Crippen LogP contribution in [0.1, 0.15) is 18.9 Å². The first-order valence-corrected chi connectivity index (χ1v) is 10.6. The van der Waals surface area contributed by atoms with E-state index in [0.29, 0.717) is 11.7 Å². The number of ether oxygens (including phenoxy) is 1. The topological polar surface area (TPSA) is 64.6 Å². The molecule has 0 bridgehead atoms. The van der Waals surface area contributed by atoms with Gasteiger partial charge in [0.2, 0.25) is 0 Å². The molecule has 0 heterocycles. The van der Waals surface area contributed by atoms with Crippen LogP contribution < -0.4 is 10.6 Å². The van der Waals surface area contributed by atoms with Crippen molar-refractivity contribution in [3.8, 4) is 0 Å². The molecule has 0 saturated heterocycles. The van der Waals surface area contributed by atoms with Crippen LogP contribution in [0.15, 0.2) is 73.3 Å². The van der Waals surface area contributed by atoms with Crippen LogP contribution in [-0.2, 0) is 20.4 Å². The van der Waals surface area contributed by atoms with E-state index < -0.39 is 18.7 Å². The van der Waals surface area contributed by atoms with Gasteiger partial charge in [0.1, 0.15) is 11.9 Å². The summed E-state index contributed by atoms with van der Waals surface area (Å²) in [6.07, 6.45) is 1.61. The molecule has 3 atom stereocenters. The zero-order chi connectivity index (χ0) is 19.3. The number of carbonyl (C=O) groups excluding carboxylic acids is 1. The molecule has 1 aliphatic carbocycles. The van der Waals surface area contributed by atoms with Crippen LogP contribution >= 0.6 is 7.37 Å². The lowest BCUT2D eigenvalue weighted by Crippen LogP contribution is -2.41. The van der Waals surface area contributed by atoms with Gasteiger partial charge in [-0.15, -0.1) is 6.58 Å². The third-order valence-corrected chi connectivity index (χ3v) is 8.01. The van der Waals surface area contributed by atoms with Crippen LogP contribution in [0, 0.1) is 5.92 Å². The molecule has 0 aromatic heterocycles. The molecule has 6 heteroatoms. The van der Waals surface area contributed by atoms with Crippen LogP contribution in [0.3, 0.4) is 0 Å². The molecule has 1 saturated carbocycles. The standard InChI is InChI=1S/C21H24NO4P/c1-3-18-15-21(18,22-20(23)25-16-17-11-7-5-8-12-17)27(24,26-4-2)19-13-9-6-10-14-19/h3,5-14,18H,1,4,15-16H2,2H3,(H,22,23)/t18-,21+,27?/m1/s1. The van der Waals surface area contributed by atoms with Gasteiger partial charge in [0.15, 0.2) is 0 Å². The third kappa shape index (κ3) is 3.85. The van der Waals surface area contributed by atoms with E-state index in [0.717, 1.165) is 5.56 Å². The summed E-state index contributed by atoms with van der Waals surface area (Å²) in [5.41, 5.74) is 0.883. The molecular weight excluding hydrogens is 361 g/mol. The summed E-state index contributed by atoms with van der Waals surface area (Å²) in [5.74, 6) is -0.139. The Balaban J connectivity index is 1.81. The second-order valence-corrected chi connectivity index (χ2v) is 9.14. The Hall–Kier alpha value is -2.36. The van der Waals surface area contributed by atoms with Crippen LogP contribution in [0.5, 0.6) is 0 Å². The Morgan fingerprint density at radius 3 is 2.41 bits per heavy atom. The fourth-order valence-corrected chi connectivity index (χ4v) is 6.26. The minimum absolute atomic E-state index is 0.139.